The zero-order valence-corrected chi connectivity index (χ0v) is 13.2. The van der Waals surface area contributed by atoms with Gasteiger partial charge in [-0.2, -0.15) is 5.10 Å². The van der Waals surface area contributed by atoms with Crippen LogP contribution in [0.3, 0.4) is 0 Å². The molecule has 5 nitrogen and oxygen atoms in total. The molecule has 0 spiro atoms. The summed E-state index contributed by atoms with van der Waals surface area (Å²) in [6.07, 6.45) is 12.7. The Balaban J connectivity index is 2.05. The highest BCUT2D eigenvalue weighted by atomic mass is 16.1. The lowest BCUT2D eigenvalue weighted by molar-refractivity contribution is 0.100. The molecule has 1 heterocycles. The normalized spacial score (nSPS) is 18.0. The smallest absolute Gasteiger partial charge is 0.255 e. The second-order valence-corrected chi connectivity index (χ2v) is 6.10. The molecule has 0 atom stereocenters. The summed E-state index contributed by atoms with van der Waals surface area (Å²) in [5.41, 5.74) is 11.6. The van der Waals surface area contributed by atoms with Gasteiger partial charge in [0.05, 0.1) is 0 Å². The lowest BCUT2D eigenvalue weighted by atomic mass is 9.96. The fourth-order valence-corrected chi connectivity index (χ4v) is 3.00. The highest BCUT2D eigenvalue weighted by Gasteiger charge is 2.15. The minimum absolute atomic E-state index is 0.194. The third kappa shape index (κ3) is 4.80. The number of aromatic amines is 1. The zero-order valence-electron chi connectivity index (χ0n) is 13.2. The first-order valence-corrected chi connectivity index (χ1v) is 8.33. The van der Waals surface area contributed by atoms with Crippen LogP contribution < -0.4 is 11.5 Å². The van der Waals surface area contributed by atoms with Crippen LogP contribution in [0.25, 0.3) is 0 Å². The molecule has 1 aliphatic rings. The molecule has 1 aromatic rings. The Kier molecular flexibility index (Phi) is 6.32. The Morgan fingerprint density at radius 3 is 2.14 bits per heavy atom. The Morgan fingerprint density at radius 2 is 1.59 bits per heavy atom. The molecule has 1 saturated carbocycles. The number of aromatic nitrogens is 2. The third-order valence-electron chi connectivity index (χ3n) is 4.29. The number of nitrogens with two attached hydrogens (primary N) is 2. The monoisotopic (exact) mass is 302 g/mol. The van der Waals surface area contributed by atoms with E-state index < -0.39 is 5.91 Å². The van der Waals surface area contributed by atoms with Crippen molar-refractivity contribution in [1.29, 1.82) is 0 Å². The van der Waals surface area contributed by atoms with Crippen LogP contribution in [0.4, 0.5) is 5.82 Å². The van der Waals surface area contributed by atoms with Crippen LogP contribution in [0.15, 0.2) is 0 Å². The number of carbonyl (C=O) groups excluding carboxylic acids is 1. The molecule has 1 aliphatic carbocycles. The van der Waals surface area contributed by atoms with Crippen molar-refractivity contribution in [3.63, 3.8) is 0 Å². The molecule has 0 aromatic carbocycles. The van der Waals surface area contributed by atoms with E-state index in [4.69, 9.17) is 11.5 Å². The molecule has 0 unspecified atom stereocenters. The summed E-state index contributed by atoms with van der Waals surface area (Å²) >= 11 is 0. The summed E-state index contributed by atoms with van der Waals surface area (Å²) in [7, 11) is 0. The summed E-state index contributed by atoms with van der Waals surface area (Å²) in [4.78, 5) is 11.4. The number of hydrogen-bond donors (Lipinski definition) is 3. The fourth-order valence-electron chi connectivity index (χ4n) is 3.00. The van der Waals surface area contributed by atoms with Crippen LogP contribution in [-0.4, -0.2) is 16.1 Å². The minimum atomic E-state index is -0.585. The molecule has 120 valence electrons. The standard InChI is InChI=1S/C17H26N4O/c18-16-15(17(19)22)14(20-21-16)12-11-13-9-7-5-3-1-2-4-6-8-10-13/h13H,1-10H2,(H2,19,22)(H3,18,20,21). The van der Waals surface area contributed by atoms with Crippen LogP contribution in [-0.2, 0) is 0 Å². The van der Waals surface area contributed by atoms with Crippen molar-refractivity contribution < 1.29 is 4.79 Å². The predicted molar refractivity (Wildman–Crippen MR) is 88.1 cm³/mol. The number of amides is 1. The van der Waals surface area contributed by atoms with E-state index in [0.29, 0.717) is 11.6 Å². The minimum Gasteiger partial charge on any atom is -0.383 e. The summed E-state index contributed by atoms with van der Waals surface area (Å²) < 4.78 is 0. The summed E-state index contributed by atoms with van der Waals surface area (Å²) in [5.74, 6) is 6.28. The molecule has 0 bridgehead atoms. The number of primary amides is 1. The van der Waals surface area contributed by atoms with E-state index in [-0.39, 0.29) is 11.4 Å². The maximum Gasteiger partial charge on any atom is 0.255 e. The maximum atomic E-state index is 11.4. The van der Waals surface area contributed by atoms with Gasteiger partial charge in [0.15, 0.2) is 0 Å². The Hall–Kier alpha value is -1.96. The second kappa shape index (κ2) is 8.47. The quantitative estimate of drug-likeness (QED) is 0.695. The number of nitrogens with zero attached hydrogens (tertiary/aromatic N) is 1. The number of rotatable bonds is 1. The van der Waals surface area contributed by atoms with Gasteiger partial charge in [-0.25, -0.2) is 0 Å². The summed E-state index contributed by atoms with van der Waals surface area (Å²) in [6.45, 7) is 0. The topological polar surface area (TPSA) is 97.8 Å². The average Bonchev–Trinajstić information content (AvgIpc) is 2.83. The van der Waals surface area contributed by atoms with Crippen molar-refractivity contribution in [2.24, 2.45) is 11.7 Å². The van der Waals surface area contributed by atoms with Gasteiger partial charge in [0, 0.05) is 5.92 Å². The zero-order chi connectivity index (χ0) is 15.8. The molecule has 0 saturated heterocycles. The lowest BCUT2D eigenvalue weighted by Gasteiger charge is -2.09. The Labute approximate surface area is 132 Å². The number of H-pyrrole nitrogens is 1. The van der Waals surface area contributed by atoms with Crippen LogP contribution in [0, 0.1) is 17.8 Å². The van der Waals surface area contributed by atoms with Crippen LogP contribution in [0.5, 0.6) is 0 Å². The first kappa shape index (κ1) is 16.4. The molecule has 2 rings (SSSR count). The van der Waals surface area contributed by atoms with Gasteiger partial charge >= 0.3 is 0 Å². The van der Waals surface area contributed by atoms with Gasteiger partial charge in [-0.3, -0.25) is 9.89 Å². The van der Waals surface area contributed by atoms with Gasteiger partial charge in [0.1, 0.15) is 17.1 Å². The van der Waals surface area contributed by atoms with E-state index in [1.807, 2.05) is 0 Å². The van der Waals surface area contributed by atoms with Crippen molar-refractivity contribution in [1.82, 2.24) is 10.2 Å². The third-order valence-corrected chi connectivity index (χ3v) is 4.29. The van der Waals surface area contributed by atoms with Gasteiger partial charge < -0.3 is 11.5 Å². The number of anilines is 1. The lowest BCUT2D eigenvalue weighted by Crippen LogP contribution is -2.13. The van der Waals surface area contributed by atoms with Crippen LogP contribution in [0.1, 0.15) is 80.3 Å². The van der Waals surface area contributed by atoms with Crippen molar-refractivity contribution in [3.8, 4) is 11.8 Å². The highest BCUT2D eigenvalue weighted by Crippen LogP contribution is 2.21. The highest BCUT2D eigenvalue weighted by molar-refractivity contribution is 5.99. The molecular weight excluding hydrogens is 276 g/mol. The van der Waals surface area contributed by atoms with Crippen molar-refractivity contribution in [2.75, 3.05) is 5.73 Å². The number of carbonyl (C=O) groups is 1. The maximum absolute atomic E-state index is 11.4. The van der Waals surface area contributed by atoms with Gasteiger partial charge in [0.25, 0.3) is 5.91 Å². The van der Waals surface area contributed by atoms with E-state index >= 15 is 0 Å². The van der Waals surface area contributed by atoms with Gasteiger partial charge in [-0.1, -0.05) is 57.3 Å². The average molecular weight is 302 g/mol. The van der Waals surface area contributed by atoms with Crippen LogP contribution >= 0.6 is 0 Å². The van der Waals surface area contributed by atoms with E-state index in [1.165, 1.54) is 51.4 Å². The number of hydrogen-bond acceptors (Lipinski definition) is 3. The van der Waals surface area contributed by atoms with E-state index in [2.05, 4.69) is 22.0 Å². The number of nitrogen functional groups attached to an aromatic ring is 1. The summed E-state index contributed by atoms with van der Waals surface area (Å²) in [6, 6.07) is 0. The molecule has 5 N–H and O–H groups in total. The first-order valence-electron chi connectivity index (χ1n) is 8.33. The van der Waals surface area contributed by atoms with Gasteiger partial charge in [-0.15, -0.1) is 0 Å². The predicted octanol–water partition coefficient (Wildman–Crippen LogP) is 2.97. The largest absolute Gasteiger partial charge is 0.383 e. The van der Waals surface area contributed by atoms with Crippen molar-refractivity contribution in [3.05, 3.63) is 11.3 Å². The van der Waals surface area contributed by atoms with E-state index in [0.717, 1.165) is 12.8 Å². The Bertz CT molecular complexity index is 541. The summed E-state index contributed by atoms with van der Waals surface area (Å²) in [5, 5.41) is 6.57. The Morgan fingerprint density at radius 1 is 1.05 bits per heavy atom. The molecule has 1 fully saturated rings. The number of nitrogens with one attached hydrogen (secondary N) is 1. The van der Waals surface area contributed by atoms with Crippen LogP contribution in [0.2, 0.25) is 0 Å². The van der Waals surface area contributed by atoms with Gasteiger partial charge in [-0.05, 0) is 18.8 Å². The SMILES string of the molecule is NC(=O)c1c(C#CC2CCCCCCCCCC2)n[nH]c1N. The van der Waals surface area contributed by atoms with Crippen molar-refractivity contribution >= 4 is 11.7 Å². The van der Waals surface area contributed by atoms with E-state index in [1.54, 1.807) is 0 Å². The molecule has 0 radical (unpaired) electrons. The fraction of sp³-hybridized carbons (Fsp3) is 0.647. The molecule has 0 aliphatic heterocycles. The molecule has 5 heteroatoms. The molecule has 22 heavy (non-hydrogen) atoms. The molecular formula is C17H26N4O. The molecule has 1 aromatic heterocycles. The van der Waals surface area contributed by atoms with Crippen molar-refractivity contribution in [2.45, 2.75) is 64.2 Å². The van der Waals surface area contributed by atoms with E-state index in [9.17, 15) is 4.79 Å². The van der Waals surface area contributed by atoms with Gasteiger partial charge in [0.2, 0.25) is 0 Å². The second-order valence-electron chi connectivity index (χ2n) is 6.10. The first-order chi connectivity index (χ1) is 10.7. The molecule has 1 amide bonds.